The summed E-state index contributed by atoms with van der Waals surface area (Å²) in [6, 6.07) is 23.5. The highest BCUT2D eigenvalue weighted by atomic mass is 32.1. The molecule has 0 saturated carbocycles. The largest absolute Gasteiger partial charge is 0.352 e. The summed E-state index contributed by atoms with van der Waals surface area (Å²) in [5, 5.41) is 4.97. The van der Waals surface area contributed by atoms with E-state index in [1.165, 1.54) is 11.3 Å². The number of nitrogens with zero attached hydrogens (tertiary/aromatic N) is 1. The van der Waals surface area contributed by atoms with Crippen molar-refractivity contribution in [1.82, 2.24) is 0 Å². The molecule has 40 heavy (non-hydrogen) atoms. The summed E-state index contributed by atoms with van der Waals surface area (Å²) in [5.74, 6) is -1.53. The quantitative estimate of drug-likeness (QED) is 0.294. The molecule has 3 aromatic carbocycles. The maximum absolute atomic E-state index is 14.8. The van der Waals surface area contributed by atoms with Crippen molar-refractivity contribution in [2.75, 3.05) is 10.2 Å². The minimum Gasteiger partial charge on any atom is -0.352 e. The second kappa shape index (κ2) is 8.86. The van der Waals surface area contributed by atoms with Crippen molar-refractivity contribution in [2.45, 2.75) is 38.3 Å². The molecule has 0 aliphatic carbocycles. The van der Waals surface area contributed by atoms with Crippen LogP contribution in [0.4, 0.5) is 11.4 Å². The Balaban J connectivity index is 1.56. The molecule has 3 aliphatic rings. The van der Waals surface area contributed by atoms with Crippen molar-refractivity contribution in [3.63, 3.8) is 0 Å². The van der Waals surface area contributed by atoms with Gasteiger partial charge < -0.3 is 10.2 Å². The molecule has 0 radical (unpaired) electrons. The Morgan fingerprint density at radius 2 is 1.62 bits per heavy atom. The maximum Gasteiger partial charge on any atom is 0.238 e. The first-order chi connectivity index (χ1) is 19.3. The van der Waals surface area contributed by atoms with Crippen molar-refractivity contribution >= 4 is 45.8 Å². The fourth-order valence-corrected chi connectivity index (χ4v) is 7.71. The first kappa shape index (κ1) is 24.7. The van der Waals surface area contributed by atoms with E-state index in [1.807, 2.05) is 98.9 Å². The third-order valence-electron chi connectivity index (χ3n) is 8.78. The van der Waals surface area contributed by atoms with Gasteiger partial charge >= 0.3 is 0 Å². The van der Waals surface area contributed by atoms with E-state index < -0.39 is 23.4 Å². The van der Waals surface area contributed by atoms with E-state index in [2.05, 4.69) is 22.4 Å². The summed E-state index contributed by atoms with van der Waals surface area (Å²) in [6.45, 7) is 6.07. The van der Waals surface area contributed by atoms with Gasteiger partial charge in [-0.3, -0.25) is 14.4 Å². The number of aryl methyl sites for hydroxylation is 2. The average Bonchev–Trinajstić information content (AvgIpc) is 3.66. The molecule has 1 spiro atoms. The number of carbonyl (C=O) groups excluding carboxylic acids is 3. The van der Waals surface area contributed by atoms with Gasteiger partial charge in [0.15, 0.2) is 11.6 Å². The van der Waals surface area contributed by atoms with Crippen molar-refractivity contribution in [2.24, 2.45) is 5.92 Å². The average molecular weight is 545 g/mol. The van der Waals surface area contributed by atoms with Crippen molar-refractivity contribution in [3.8, 4) is 0 Å². The van der Waals surface area contributed by atoms with Gasteiger partial charge in [-0.25, -0.2) is 0 Å². The molecule has 4 heterocycles. The van der Waals surface area contributed by atoms with E-state index >= 15 is 0 Å². The van der Waals surface area contributed by atoms with E-state index in [4.69, 9.17) is 0 Å². The second-order valence-corrected chi connectivity index (χ2v) is 12.0. The van der Waals surface area contributed by atoms with Gasteiger partial charge in [0, 0.05) is 22.5 Å². The van der Waals surface area contributed by atoms with Gasteiger partial charge in [-0.1, -0.05) is 71.8 Å². The molecule has 4 atom stereocenters. The highest BCUT2D eigenvalue weighted by molar-refractivity contribution is 7.12. The van der Waals surface area contributed by atoms with Crippen molar-refractivity contribution in [3.05, 3.63) is 123 Å². The Hall–Kier alpha value is -4.29. The molecular weight excluding hydrogens is 516 g/mol. The third kappa shape index (κ3) is 3.29. The summed E-state index contributed by atoms with van der Waals surface area (Å²) in [5.41, 5.74) is 5.74. The number of carbonyl (C=O) groups is 3. The summed E-state index contributed by atoms with van der Waals surface area (Å²) < 4.78 is 0. The molecule has 4 aromatic rings. The van der Waals surface area contributed by atoms with Crippen LogP contribution in [0.3, 0.4) is 0 Å². The molecule has 1 aromatic heterocycles. The summed E-state index contributed by atoms with van der Waals surface area (Å²) >= 11 is 1.37. The van der Waals surface area contributed by atoms with E-state index in [0.717, 1.165) is 33.5 Å². The topological polar surface area (TPSA) is 66.5 Å². The van der Waals surface area contributed by atoms with Gasteiger partial charge in [0.25, 0.3) is 0 Å². The molecule has 1 N–H and O–H groups in total. The molecule has 7 rings (SSSR count). The number of fused-ring (bicyclic) bond motifs is 6. The van der Waals surface area contributed by atoms with E-state index in [9.17, 15) is 14.4 Å². The van der Waals surface area contributed by atoms with Crippen LogP contribution in [0.5, 0.6) is 0 Å². The number of nitrogens with one attached hydrogen (secondary N) is 1. The van der Waals surface area contributed by atoms with Crippen LogP contribution < -0.4 is 10.2 Å². The highest BCUT2D eigenvalue weighted by Crippen LogP contribution is 2.59. The number of Topliss-reactive ketones (excluding diaryl/α,β-unsaturated/α-hetero) is 2. The van der Waals surface area contributed by atoms with Crippen molar-refractivity contribution < 1.29 is 14.4 Å². The lowest BCUT2D eigenvalue weighted by Crippen LogP contribution is -2.51. The van der Waals surface area contributed by atoms with Crippen molar-refractivity contribution in [1.29, 1.82) is 0 Å². The van der Waals surface area contributed by atoms with E-state index in [1.54, 1.807) is 0 Å². The lowest BCUT2D eigenvalue weighted by molar-refractivity contribution is -0.121. The Kier molecular flexibility index (Phi) is 5.48. The molecule has 1 saturated heterocycles. The Bertz CT molecular complexity index is 1740. The van der Waals surface area contributed by atoms with E-state index in [-0.39, 0.29) is 17.5 Å². The number of benzene rings is 3. The van der Waals surface area contributed by atoms with Gasteiger partial charge in [0.05, 0.1) is 16.8 Å². The Labute approximate surface area is 237 Å². The number of ketones is 2. The number of allylic oxidation sites excluding steroid dienone is 1. The van der Waals surface area contributed by atoms with Crippen LogP contribution in [-0.4, -0.2) is 29.6 Å². The molecule has 198 valence electrons. The first-order valence-corrected chi connectivity index (χ1v) is 14.4. The third-order valence-corrected chi connectivity index (χ3v) is 9.67. The molecular formula is C34H28N2O3S. The van der Waals surface area contributed by atoms with Gasteiger partial charge in [-0.2, -0.15) is 0 Å². The lowest BCUT2D eigenvalue weighted by Gasteiger charge is -2.39. The smallest absolute Gasteiger partial charge is 0.238 e. The van der Waals surface area contributed by atoms with Gasteiger partial charge in [0.1, 0.15) is 11.5 Å². The number of anilines is 2. The van der Waals surface area contributed by atoms with Crippen LogP contribution in [-0.2, 0) is 10.2 Å². The minimum absolute atomic E-state index is 0.140. The van der Waals surface area contributed by atoms with E-state index in [0.29, 0.717) is 16.1 Å². The minimum atomic E-state index is -1.29. The number of para-hydroxylation sites is 1. The summed E-state index contributed by atoms with van der Waals surface area (Å²) in [7, 11) is 0. The van der Waals surface area contributed by atoms with Gasteiger partial charge in [0.2, 0.25) is 5.91 Å². The zero-order valence-corrected chi connectivity index (χ0v) is 23.3. The number of rotatable bonds is 4. The number of hydrogen-bond acceptors (Lipinski definition) is 5. The molecule has 0 unspecified atom stereocenters. The van der Waals surface area contributed by atoms with Gasteiger partial charge in [-0.05, 0) is 61.6 Å². The molecule has 1 amide bonds. The lowest BCUT2D eigenvalue weighted by atomic mass is 9.64. The highest BCUT2D eigenvalue weighted by Gasteiger charge is 2.70. The number of thiophene rings is 1. The zero-order chi connectivity index (χ0) is 27.8. The predicted octanol–water partition coefficient (Wildman–Crippen LogP) is 6.61. The summed E-state index contributed by atoms with van der Waals surface area (Å²) in [6.07, 6.45) is 2.10. The van der Waals surface area contributed by atoms with Crippen LogP contribution in [0.25, 0.3) is 5.57 Å². The monoisotopic (exact) mass is 544 g/mol. The molecule has 5 nitrogen and oxygen atoms in total. The normalized spacial score (nSPS) is 24.3. The fraction of sp³-hybridized carbons (Fsp3) is 0.206. The Morgan fingerprint density at radius 1 is 0.875 bits per heavy atom. The van der Waals surface area contributed by atoms with Crippen LogP contribution in [0.1, 0.15) is 49.2 Å². The Morgan fingerprint density at radius 3 is 2.38 bits per heavy atom. The fourth-order valence-electron chi connectivity index (χ4n) is 7.01. The number of amides is 1. The SMILES string of the molecule is CC1=C[C@H]2N(c3ccc(C)cc31)[C@H](C(=O)c1cccs1)[C@@H](C(=O)c1ccc(C)cc1)[C@@]21C(=O)Nc2ccccc21. The molecule has 0 bridgehead atoms. The molecule has 3 aliphatic heterocycles. The van der Waals surface area contributed by atoms with Crippen LogP contribution >= 0.6 is 11.3 Å². The van der Waals surface area contributed by atoms with Crippen LogP contribution in [0, 0.1) is 19.8 Å². The zero-order valence-electron chi connectivity index (χ0n) is 22.5. The second-order valence-electron chi connectivity index (χ2n) is 11.1. The van der Waals surface area contributed by atoms with Gasteiger partial charge in [-0.15, -0.1) is 11.3 Å². The maximum atomic E-state index is 14.8. The standard InChI is InChI=1S/C34H28N2O3S/c1-19-10-13-22(14-11-19)31(37)29-30(32(38)27-9-6-16-40-27)36-26-15-12-20(2)17-23(26)21(3)18-28(36)34(29)24-7-4-5-8-25(24)35-33(34)39/h4-18,28-30H,1-3H3,(H,35,39)/t28-,29+,30+,34+/m1/s1. The molecule has 6 heteroatoms. The first-order valence-electron chi connectivity index (χ1n) is 13.5. The summed E-state index contributed by atoms with van der Waals surface area (Å²) in [4.78, 5) is 46.4. The number of hydrogen-bond donors (Lipinski definition) is 1. The van der Waals surface area contributed by atoms with Crippen LogP contribution in [0.2, 0.25) is 0 Å². The molecule has 1 fully saturated rings. The van der Waals surface area contributed by atoms with Crippen LogP contribution in [0.15, 0.2) is 90.3 Å². The predicted molar refractivity (Wildman–Crippen MR) is 159 cm³/mol.